The fraction of sp³-hybridized carbons (Fsp3) is 0.571. The van der Waals surface area contributed by atoms with E-state index in [1.807, 2.05) is 6.92 Å². The Balaban J connectivity index is 2.85. The molecule has 0 aromatic heterocycles. The van der Waals surface area contributed by atoms with Crippen LogP contribution in [0.4, 0.5) is 5.69 Å². The van der Waals surface area contributed by atoms with Crippen LogP contribution in [-0.4, -0.2) is 13.6 Å². The van der Waals surface area contributed by atoms with Crippen molar-refractivity contribution in [3.05, 3.63) is 29.8 Å². The highest BCUT2D eigenvalue weighted by Gasteiger charge is 2.11. The van der Waals surface area contributed by atoms with Crippen LogP contribution in [0.25, 0.3) is 0 Å². The number of hydrogen-bond donors (Lipinski definition) is 1. The molecule has 16 heavy (non-hydrogen) atoms. The first-order chi connectivity index (χ1) is 7.56. The molecule has 0 aliphatic heterocycles. The van der Waals surface area contributed by atoms with Gasteiger partial charge in [0.25, 0.3) is 0 Å². The van der Waals surface area contributed by atoms with Crippen molar-refractivity contribution in [2.45, 2.75) is 33.2 Å². The fourth-order valence-corrected chi connectivity index (χ4v) is 1.92. The van der Waals surface area contributed by atoms with Crippen molar-refractivity contribution in [2.75, 3.05) is 18.5 Å². The zero-order valence-electron chi connectivity index (χ0n) is 10.9. The van der Waals surface area contributed by atoms with Gasteiger partial charge >= 0.3 is 0 Å². The minimum atomic E-state index is 0.0931. The van der Waals surface area contributed by atoms with Crippen molar-refractivity contribution in [3.8, 4) is 0 Å². The molecule has 1 aromatic carbocycles. The lowest BCUT2D eigenvalue weighted by atomic mass is 10.0. The molecule has 0 radical (unpaired) electrons. The van der Waals surface area contributed by atoms with Gasteiger partial charge < -0.3 is 10.6 Å². The van der Waals surface area contributed by atoms with Crippen LogP contribution in [0.15, 0.2) is 24.3 Å². The quantitative estimate of drug-likeness (QED) is 0.825. The van der Waals surface area contributed by atoms with Crippen LogP contribution in [0.2, 0.25) is 0 Å². The Kier molecular flexibility index (Phi) is 4.81. The smallest absolute Gasteiger partial charge is 0.0412 e. The largest absolute Gasteiger partial charge is 0.374 e. The molecule has 1 aromatic rings. The zero-order valence-corrected chi connectivity index (χ0v) is 10.9. The van der Waals surface area contributed by atoms with Crippen LogP contribution >= 0.6 is 0 Å². The lowest BCUT2D eigenvalue weighted by molar-refractivity contribution is 0.558. The maximum Gasteiger partial charge on any atom is 0.0412 e. The molecule has 1 unspecified atom stereocenters. The van der Waals surface area contributed by atoms with Crippen molar-refractivity contribution in [1.29, 1.82) is 0 Å². The van der Waals surface area contributed by atoms with Gasteiger partial charge in [-0.15, -0.1) is 0 Å². The summed E-state index contributed by atoms with van der Waals surface area (Å²) in [6, 6.07) is 8.50. The Bertz CT molecular complexity index is 320. The van der Waals surface area contributed by atoms with Crippen LogP contribution in [-0.2, 0) is 0 Å². The normalized spacial score (nSPS) is 14.6. The third-order valence-electron chi connectivity index (χ3n) is 3.12. The first kappa shape index (κ1) is 13.0. The summed E-state index contributed by atoms with van der Waals surface area (Å²) in [5.74, 6) is 0.714. The van der Waals surface area contributed by atoms with Crippen LogP contribution in [0.1, 0.15) is 38.8 Å². The number of nitrogens with zero attached hydrogens (tertiary/aromatic N) is 1. The topological polar surface area (TPSA) is 29.3 Å². The summed E-state index contributed by atoms with van der Waals surface area (Å²) < 4.78 is 0. The van der Waals surface area contributed by atoms with Gasteiger partial charge in [-0.05, 0) is 24.5 Å². The fourth-order valence-electron chi connectivity index (χ4n) is 1.92. The van der Waals surface area contributed by atoms with E-state index in [9.17, 15) is 0 Å². The second-order valence-electron chi connectivity index (χ2n) is 4.74. The molecule has 0 fully saturated rings. The zero-order chi connectivity index (χ0) is 12.1. The summed E-state index contributed by atoms with van der Waals surface area (Å²) in [5, 5.41) is 0. The summed E-state index contributed by atoms with van der Waals surface area (Å²) in [6.45, 7) is 7.64. The van der Waals surface area contributed by atoms with Crippen LogP contribution < -0.4 is 10.6 Å². The Morgan fingerprint density at radius 3 is 2.44 bits per heavy atom. The lowest BCUT2D eigenvalue weighted by Gasteiger charge is -2.26. The molecule has 2 nitrogen and oxygen atoms in total. The maximum atomic E-state index is 5.99. The van der Waals surface area contributed by atoms with Crippen molar-refractivity contribution < 1.29 is 0 Å². The molecule has 0 aliphatic carbocycles. The first-order valence-corrected chi connectivity index (χ1v) is 6.11. The van der Waals surface area contributed by atoms with Gasteiger partial charge in [-0.1, -0.05) is 38.5 Å². The maximum absolute atomic E-state index is 5.99. The van der Waals surface area contributed by atoms with Crippen LogP contribution in [0.5, 0.6) is 0 Å². The second kappa shape index (κ2) is 5.90. The van der Waals surface area contributed by atoms with E-state index in [0.29, 0.717) is 5.92 Å². The number of anilines is 1. The molecule has 1 rings (SSSR count). The summed E-state index contributed by atoms with van der Waals surface area (Å²) in [4.78, 5) is 2.31. The molecule has 0 spiro atoms. The molecule has 0 saturated heterocycles. The number of nitrogens with two attached hydrogens (primary N) is 1. The minimum Gasteiger partial charge on any atom is -0.374 e. The molecule has 0 saturated carbocycles. The summed E-state index contributed by atoms with van der Waals surface area (Å²) in [6.07, 6.45) is 1.21. The van der Waals surface area contributed by atoms with E-state index in [1.54, 1.807) is 0 Å². The first-order valence-electron chi connectivity index (χ1n) is 6.11. The van der Waals surface area contributed by atoms with Crippen LogP contribution in [0.3, 0.4) is 0 Å². The van der Waals surface area contributed by atoms with Gasteiger partial charge in [-0.3, -0.25) is 0 Å². The van der Waals surface area contributed by atoms with Gasteiger partial charge in [0, 0.05) is 25.3 Å². The molecular formula is C14H24N2. The molecule has 2 atom stereocenters. The Morgan fingerprint density at radius 1 is 1.25 bits per heavy atom. The average Bonchev–Trinajstić information content (AvgIpc) is 2.28. The van der Waals surface area contributed by atoms with E-state index < -0.39 is 0 Å². The van der Waals surface area contributed by atoms with E-state index in [-0.39, 0.29) is 6.04 Å². The second-order valence-corrected chi connectivity index (χ2v) is 4.74. The van der Waals surface area contributed by atoms with E-state index >= 15 is 0 Å². The van der Waals surface area contributed by atoms with E-state index in [4.69, 9.17) is 5.73 Å². The Labute approximate surface area is 99.5 Å². The molecule has 0 aliphatic rings. The Hall–Kier alpha value is -1.02. The van der Waals surface area contributed by atoms with Crippen molar-refractivity contribution in [3.63, 3.8) is 0 Å². The van der Waals surface area contributed by atoms with E-state index in [0.717, 1.165) is 6.54 Å². The predicted octanol–water partition coefficient (Wildman–Crippen LogP) is 3.19. The van der Waals surface area contributed by atoms with Crippen molar-refractivity contribution in [1.82, 2.24) is 0 Å². The van der Waals surface area contributed by atoms with Gasteiger partial charge in [0.1, 0.15) is 0 Å². The molecular weight excluding hydrogens is 196 g/mol. The number of hydrogen-bond acceptors (Lipinski definition) is 2. The van der Waals surface area contributed by atoms with E-state index in [2.05, 4.69) is 50.1 Å². The standard InChI is InChI=1S/C14H24N2/c1-5-11(2)10-16(4)14-9-7-6-8-13(14)12(3)15/h6-9,11-12H,5,10,15H2,1-4H3/t11?,12-/m0/s1. The van der Waals surface area contributed by atoms with Gasteiger partial charge in [0.05, 0.1) is 0 Å². The highest BCUT2D eigenvalue weighted by atomic mass is 15.1. The molecule has 2 N–H and O–H groups in total. The van der Waals surface area contributed by atoms with E-state index in [1.165, 1.54) is 17.7 Å². The SMILES string of the molecule is CCC(C)CN(C)c1ccccc1[C@H](C)N. The predicted molar refractivity (Wildman–Crippen MR) is 71.8 cm³/mol. The Morgan fingerprint density at radius 2 is 1.88 bits per heavy atom. The molecule has 0 amide bonds. The van der Waals surface area contributed by atoms with Crippen LogP contribution in [0, 0.1) is 5.92 Å². The monoisotopic (exact) mass is 220 g/mol. The summed E-state index contributed by atoms with van der Waals surface area (Å²) >= 11 is 0. The average molecular weight is 220 g/mol. The van der Waals surface area contributed by atoms with Crippen molar-refractivity contribution >= 4 is 5.69 Å². The summed E-state index contributed by atoms with van der Waals surface area (Å²) in [7, 11) is 2.15. The lowest BCUT2D eigenvalue weighted by Crippen LogP contribution is -2.25. The molecule has 0 heterocycles. The minimum absolute atomic E-state index is 0.0931. The third-order valence-corrected chi connectivity index (χ3v) is 3.12. The third kappa shape index (κ3) is 3.24. The highest BCUT2D eigenvalue weighted by Crippen LogP contribution is 2.24. The van der Waals surface area contributed by atoms with Gasteiger partial charge in [-0.25, -0.2) is 0 Å². The van der Waals surface area contributed by atoms with Gasteiger partial charge in [0.2, 0.25) is 0 Å². The molecule has 90 valence electrons. The summed E-state index contributed by atoms with van der Waals surface area (Å²) in [5.41, 5.74) is 8.48. The number of rotatable bonds is 5. The number of benzene rings is 1. The van der Waals surface area contributed by atoms with Gasteiger partial charge in [0.15, 0.2) is 0 Å². The van der Waals surface area contributed by atoms with Crippen molar-refractivity contribution in [2.24, 2.45) is 11.7 Å². The number of para-hydroxylation sites is 1. The highest BCUT2D eigenvalue weighted by molar-refractivity contribution is 5.54. The molecule has 0 bridgehead atoms. The van der Waals surface area contributed by atoms with Gasteiger partial charge in [-0.2, -0.15) is 0 Å². The molecule has 2 heteroatoms.